The Labute approximate surface area is 102 Å². The fourth-order valence-electron chi connectivity index (χ4n) is 2.74. The number of H-pyrrole nitrogens is 1. The molecule has 1 aromatic carbocycles. The molecule has 3 heteroatoms. The van der Waals surface area contributed by atoms with Gasteiger partial charge in [-0.2, -0.15) is 0 Å². The van der Waals surface area contributed by atoms with Crippen LogP contribution in [0.4, 0.5) is 0 Å². The number of para-hydroxylation sites is 1. The van der Waals surface area contributed by atoms with E-state index in [0.717, 1.165) is 13.1 Å². The second kappa shape index (κ2) is 4.51. The number of likely N-dealkylation sites (tertiary alicyclic amines) is 1. The number of nitrogens with two attached hydrogens (primary N) is 1. The lowest BCUT2D eigenvalue weighted by atomic mass is 10.1. The third kappa shape index (κ3) is 2.21. The molecule has 1 unspecified atom stereocenters. The van der Waals surface area contributed by atoms with Gasteiger partial charge in [-0.25, -0.2) is 0 Å². The lowest BCUT2D eigenvalue weighted by molar-refractivity contribution is 0.202. The maximum absolute atomic E-state index is 6.02. The van der Waals surface area contributed by atoms with E-state index >= 15 is 0 Å². The number of benzene rings is 1. The van der Waals surface area contributed by atoms with Gasteiger partial charge in [-0.05, 0) is 31.0 Å². The molecule has 3 nitrogen and oxygen atoms in total. The molecule has 2 aromatic rings. The summed E-state index contributed by atoms with van der Waals surface area (Å²) < 4.78 is 0. The maximum Gasteiger partial charge on any atom is 0.0457 e. The monoisotopic (exact) mass is 229 g/mol. The normalized spacial score (nSPS) is 22.1. The second-order valence-electron chi connectivity index (χ2n) is 5.00. The van der Waals surface area contributed by atoms with Crippen molar-refractivity contribution in [1.82, 2.24) is 9.88 Å². The van der Waals surface area contributed by atoms with Crippen molar-refractivity contribution in [3.63, 3.8) is 0 Å². The lowest BCUT2D eigenvalue weighted by Crippen LogP contribution is -2.42. The quantitative estimate of drug-likeness (QED) is 0.828. The average Bonchev–Trinajstić information content (AvgIpc) is 2.73. The van der Waals surface area contributed by atoms with Crippen molar-refractivity contribution in [3.05, 3.63) is 36.0 Å². The molecule has 2 heterocycles. The van der Waals surface area contributed by atoms with Crippen LogP contribution in [0.2, 0.25) is 0 Å². The summed E-state index contributed by atoms with van der Waals surface area (Å²) in [6.45, 7) is 3.21. The number of aromatic nitrogens is 1. The number of piperidine rings is 1. The zero-order valence-corrected chi connectivity index (χ0v) is 10.0. The summed E-state index contributed by atoms with van der Waals surface area (Å²) in [5, 5.41) is 1.34. The highest BCUT2D eigenvalue weighted by molar-refractivity contribution is 5.82. The predicted octanol–water partition coefficient (Wildman–Crippen LogP) is 2.09. The van der Waals surface area contributed by atoms with E-state index in [2.05, 4.69) is 40.3 Å². The molecule has 0 aliphatic carbocycles. The van der Waals surface area contributed by atoms with Gasteiger partial charge >= 0.3 is 0 Å². The molecule has 17 heavy (non-hydrogen) atoms. The Kier molecular flexibility index (Phi) is 2.87. The number of hydrogen-bond donors (Lipinski definition) is 2. The van der Waals surface area contributed by atoms with E-state index in [-0.39, 0.29) is 0 Å². The molecule has 1 saturated heterocycles. The van der Waals surface area contributed by atoms with Gasteiger partial charge in [0, 0.05) is 36.2 Å². The number of aromatic amines is 1. The molecule has 1 aromatic heterocycles. The molecule has 0 amide bonds. The van der Waals surface area contributed by atoms with Gasteiger partial charge in [-0.1, -0.05) is 18.2 Å². The molecule has 0 bridgehead atoms. The summed E-state index contributed by atoms with van der Waals surface area (Å²) in [6.07, 6.45) is 4.53. The van der Waals surface area contributed by atoms with Crippen molar-refractivity contribution in [2.24, 2.45) is 5.73 Å². The third-order valence-electron chi connectivity index (χ3n) is 3.61. The van der Waals surface area contributed by atoms with Gasteiger partial charge < -0.3 is 10.7 Å². The number of fused-ring (bicyclic) bond motifs is 1. The van der Waals surface area contributed by atoms with Crippen molar-refractivity contribution < 1.29 is 0 Å². The molecule has 0 saturated carbocycles. The van der Waals surface area contributed by atoms with Crippen molar-refractivity contribution in [3.8, 4) is 0 Å². The molecule has 0 radical (unpaired) electrons. The van der Waals surface area contributed by atoms with Gasteiger partial charge in [0.2, 0.25) is 0 Å². The van der Waals surface area contributed by atoms with E-state index in [1.54, 1.807) is 0 Å². The van der Waals surface area contributed by atoms with Gasteiger partial charge in [-0.15, -0.1) is 0 Å². The molecular formula is C14H19N3. The van der Waals surface area contributed by atoms with E-state index in [1.807, 2.05) is 0 Å². The summed E-state index contributed by atoms with van der Waals surface area (Å²) in [7, 11) is 0. The predicted molar refractivity (Wildman–Crippen MR) is 70.8 cm³/mol. The van der Waals surface area contributed by atoms with Crippen LogP contribution in [0.15, 0.2) is 30.5 Å². The SMILES string of the molecule is NC1CCCN(Cc2c[nH]c3ccccc23)C1. The minimum Gasteiger partial charge on any atom is -0.361 e. The second-order valence-corrected chi connectivity index (χ2v) is 5.00. The van der Waals surface area contributed by atoms with Crippen LogP contribution < -0.4 is 5.73 Å². The summed E-state index contributed by atoms with van der Waals surface area (Å²) in [6, 6.07) is 8.83. The standard InChI is InChI=1S/C14H19N3/c15-12-4-3-7-17(10-12)9-11-8-16-14-6-2-1-5-13(11)14/h1-2,5-6,8,12,16H,3-4,7,9-10,15H2. The minimum absolute atomic E-state index is 0.356. The minimum atomic E-state index is 0.356. The Morgan fingerprint density at radius 1 is 1.35 bits per heavy atom. The van der Waals surface area contributed by atoms with E-state index in [9.17, 15) is 0 Å². The zero-order valence-electron chi connectivity index (χ0n) is 10.0. The highest BCUT2D eigenvalue weighted by Gasteiger charge is 2.17. The van der Waals surface area contributed by atoms with Crippen molar-refractivity contribution >= 4 is 10.9 Å². The largest absolute Gasteiger partial charge is 0.361 e. The van der Waals surface area contributed by atoms with E-state index in [0.29, 0.717) is 6.04 Å². The third-order valence-corrected chi connectivity index (χ3v) is 3.61. The van der Waals surface area contributed by atoms with E-state index < -0.39 is 0 Å². The van der Waals surface area contributed by atoms with Crippen LogP contribution in [-0.2, 0) is 6.54 Å². The van der Waals surface area contributed by atoms with Crippen molar-refractivity contribution in [1.29, 1.82) is 0 Å². The summed E-state index contributed by atoms with van der Waals surface area (Å²) in [5.41, 5.74) is 8.63. The fourth-order valence-corrected chi connectivity index (χ4v) is 2.74. The highest BCUT2D eigenvalue weighted by Crippen LogP contribution is 2.20. The molecule has 1 aliphatic heterocycles. The smallest absolute Gasteiger partial charge is 0.0457 e. The number of hydrogen-bond acceptors (Lipinski definition) is 2. The summed E-state index contributed by atoms with van der Waals surface area (Å²) in [5.74, 6) is 0. The Bertz CT molecular complexity index is 503. The molecule has 90 valence electrons. The van der Waals surface area contributed by atoms with Crippen molar-refractivity contribution in [2.75, 3.05) is 13.1 Å². The Balaban J connectivity index is 1.80. The average molecular weight is 229 g/mol. The summed E-state index contributed by atoms with van der Waals surface area (Å²) in [4.78, 5) is 5.79. The molecule has 1 aliphatic rings. The molecular weight excluding hydrogens is 210 g/mol. The zero-order chi connectivity index (χ0) is 11.7. The van der Waals surface area contributed by atoms with E-state index in [4.69, 9.17) is 5.73 Å². The molecule has 3 N–H and O–H groups in total. The Hall–Kier alpha value is -1.32. The van der Waals surface area contributed by atoms with Crippen LogP contribution in [0.5, 0.6) is 0 Å². The summed E-state index contributed by atoms with van der Waals surface area (Å²) >= 11 is 0. The Morgan fingerprint density at radius 3 is 3.12 bits per heavy atom. The van der Waals surface area contributed by atoms with Gasteiger partial charge in [0.05, 0.1) is 0 Å². The van der Waals surface area contributed by atoms with Crippen LogP contribution in [0.25, 0.3) is 10.9 Å². The molecule has 3 rings (SSSR count). The van der Waals surface area contributed by atoms with Crippen LogP contribution in [0.3, 0.4) is 0 Å². The first-order valence-corrected chi connectivity index (χ1v) is 6.36. The number of nitrogens with zero attached hydrogens (tertiary/aromatic N) is 1. The van der Waals surface area contributed by atoms with Gasteiger partial charge in [0.15, 0.2) is 0 Å². The first-order chi connectivity index (χ1) is 8.33. The van der Waals surface area contributed by atoms with Crippen LogP contribution in [-0.4, -0.2) is 29.0 Å². The van der Waals surface area contributed by atoms with Gasteiger partial charge in [0.25, 0.3) is 0 Å². The first-order valence-electron chi connectivity index (χ1n) is 6.36. The lowest BCUT2D eigenvalue weighted by Gasteiger charge is -2.30. The van der Waals surface area contributed by atoms with E-state index in [1.165, 1.54) is 35.9 Å². The van der Waals surface area contributed by atoms with Gasteiger partial charge in [-0.3, -0.25) is 4.90 Å². The number of nitrogens with one attached hydrogen (secondary N) is 1. The maximum atomic E-state index is 6.02. The highest BCUT2D eigenvalue weighted by atomic mass is 15.1. The Morgan fingerprint density at radius 2 is 2.24 bits per heavy atom. The first kappa shape index (κ1) is 10.8. The van der Waals surface area contributed by atoms with Crippen LogP contribution >= 0.6 is 0 Å². The van der Waals surface area contributed by atoms with Gasteiger partial charge in [0.1, 0.15) is 0 Å². The van der Waals surface area contributed by atoms with Crippen LogP contribution in [0.1, 0.15) is 18.4 Å². The van der Waals surface area contributed by atoms with Crippen molar-refractivity contribution in [2.45, 2.75) is 25.4 Å². The topological polar surface area (TPSA) is 45.0 Å². The molecule has 1 fully saturated rings. The number of rotatable bonds is 2. The fraction of sp³-hybridized carbons (Fsp3) is 0.429. The molecule has 0 spiro atoms. The van der Waals surface area contributed by atoms with Crippen LogP contribution in [0, 0.1) is 0 Å². The molecule has 1 atom stereocenters.